The van der Waals surface area contributed by atoms with Crippen LogP contribution in [-0.2, 0) is 18.4 Å². The third kappa shape index (κ3) is 4.94. The molecule has 1 atom stereocenters. The summed E-state index contributed by atoms with van der Waals surface area (Å²) in [5.41, 5.74) is 3.15. The minimum atomic E-state index is 0. The van der Waals surface area contributed by atoms with Gasteiger partial charge >= 0.3 is 0 Å². The van der Waals surface area contributed by atoms with Gasteiger partial charge in [0.15, 0.2) is 5.96 Å². The highest BCUT2D eigenvalue weighted by atomic mass is 127. The van der Waals surface area contributed by atoms with E-state index in [9.17, 15) is 4.79 Å². The lowest BCUT2D eigenvalue weighted by molar-refractivity contribution is -0.116. The summed E-state index contributed by atoms with van der Waals surface area (Å²) in [4.78, 5) is 16.1. The van der Waals surface area contributed by atoms with Crippen LogP contribution in [0.5, 0.6) is 0 Å². The maximum absolute atomic E-state index is 11.9. The first kappa shape index (κ1) is 19.2. The summed E-state index contributed by atoms with van der Waals surface area (Å²) >= 11 is 0. The number of nitrogens with zero attached hydrogens (tertiary/aromatic N) is 3. The number of nitrogens with one attached hydrogen (secondary N) is 3. The van der Waals surface area contributed by atoms with E-state index in [-0.39, 0.29) is 35.8 Å². The smallest absolute Gasteiger partial charge is 0.225 e. The van der Waals surface area contributed by atoms with Gasteiger partial charge in [0, 0.05) is 57.0 Å². The number of carbonyl (C=O) groups is 1. The summed E-state index contributed by atoms with van der Waals surface area (Å²) in [6.07, 6.45) is 4.26. The fourth-order valence-electron chi connectivity index (χ4n) is 2.87. The second kappa shape index (κ2) is 8.84. The maximum Gasteiger partial charge on any atom is 0.225 e. The van der Waals surface area contributed by atoms with Gasteiger partial charge < -0.3 is 16.0 Å². The summed E-state index contributed by atoms with van der Waals surface area (Å²) in [7, 11) is 3.63. The SMILES string of the molecule is CN=C(NCc1cnn(C)c1)NCC1CC(=O)Nc2ccccc21.I. The Morgan fingerprint density at radius 2 is 2.20 bits per heavy atom. The first-order valence-corrected chi connectivity index (χ1v) is 7.96. The molecule has 0 bridgehead atoms. The van der Waals surface area contributed by atoms with Crippen molar-refractivity contribution in [3.8, 4) is 0 Å². The molecular formula is C17H23IN6O. The van der Waals surface area contributed by atoms with Crippen LogP contribution in [0.15, 0.2) is 41.7 Å². The first-order valence-electron chi connectivity index (χ1n) is 7.96. The van der Waals surface area contributed by atoms with E-state index in [1.807, 2.05) is 37.6 Å². The summed E-state index contributed by atoms with van der Waals surface area (Å²) in [6, 6.07) is 7.93. The standard InChI is InChI=1S/C17H22N6O.HI/c1-18-17(19-8-12-9-21-23(2)11-12)20-10-13-7-16(24)22-15-6-4-3-5-14(13)15;/h3-6,9,11,13H,7-8,10H2,1-2H3,(H,22,24)(H2,18,19,20);1H. The van der Waals surface area contributed by atoms with Crippen LogP contribution in [0, 0.1) is 0 Å². The lowest BCUT2D eigenvalue weighted by Gasteiger charge is -2.26. The van der Waals surface area contributed by atoms with Gasteiger partial charge in [-0.05, 0) is 11.6 Å². The molecule has 0 fully saturated rings. The number of guanidine groups is 1. The van der Waals surface area contributed by atoms with Crippen molar-refractivity contribution in [1.29, 1.82) is 0 Å². The number of aromatic nitrogens is 2. The van der Waals surface area contributed by atoms with Gasteiger partial charge in [-0.2, -0.15) is 5.10 Å². The van der Waals surface area contributed by atoms with Crippen molar-refractivity contribution >= 4 is 41.5 Å². The number of hydrogen-bond acceptors (Lipinski definition) is 3. The Bertz CT molecular complexity index is 757. The molecule has 1 unspecified atom stereocenters. The van der Waals surface area contributed by atoms with Crippen LogP contribution in [-0.4, -0.2) is 35.2 Å². The van der Waals surface area contributed by atoms with Gasteiger partial charge in [-0.15, -0.1) is 24.0 Å². The minimum absolute atomic E-state index is 0. The number of hydrogen-bond donors (Lipinski definition) is 3. The van der Waals surface area contributed by atoms with Crippen molar-refractivity contribution in [2.45, 2.75) is 18.9 Å². The Labute approximate surface area is 164 Å². The topological polar surface area (TPSA) is 83.3 Å². The molecule has 3 rings (SSSR count). The number of aryl methyl sites for hydroxylation is 1. The molecule has 1 aromatic carbocycles. The second-order valence-electron chi connectivity index (χ2n) is 5.87. The fourth-order valence-corrected chi connectivity index (χ4v) is 2.87. The highest BCUT2D eigenvalue weighted by Crippen LogP contribution is 2.31. The molecule has 2 aromatic rings. The zero-order valence-electron chi connectivity index (χ0n) is 14.3. The number of anilines is 1. The van der Waals surface area contributed by atoms with Crippen LogP contribution in [0.4, 0.5) is 5.69 Å². The molecule has 1 aromatic heterocycles. The number of rotatable bonds is 4. The van der Waals surface area contributed by atoms with Gasteiger partial charge in [-0.1, -0.05) is 18.2 Å². The van der Waals surface area contributed by atoms with Crippen molar-refractivity contribution in [2.24, 2.45) is 12.0 Å². The summed E-state index contributed by atoms with van der Waals surface area (Å²) in [6.45, 7) is 1.30. The van der Waals surface area contributed by atoms with E-state index < -0.39 is 0 Å². The molecule has 2 heterocycles. The quantitative estimate of drug-likeness (QED) is 0.374. The van der Waals surface area contributed by atoms with Crippen molar-refractivity contribution in [1.82, 2.24) is 20.4 Å². The minimum Gasteiger partial charge on any atom is -0.356 e. The van der Waals surface area contributed by atoms with E-state index in [0.717, 1.165) is 16.8 Å². The molecule has 134 valence electrons. The largest absolute Gasteiger partial charge is 0.356 e. The van der Waals surface area contributed by atoms with Gasteiger partial charge in [0.05, 0.1) is 6.20 Å². The molecule has 3 N–H and O–H groups in total. The molecule has 0 saturated heterocycles. The maximum atomic E-state index is 11.9. The molecular weight excluding hydrogens is 431 g/mol. The molecule has 0 saturated carbocycles. The monoisotopic (exact) mass is 454 g/mol. The Hall–Kier alpha value is -2.10. The van der Waals surface area contributed by atoms with E-state index in [2.05, 4.69) is 32.1 Å². The Morgan fingerprint density at radius 3 is 2.92 bits per heavy atom. The molecule has 1 aliphatic heterocycles. The average Bonchev–Trinajstić information content (AvgIpc) is 3.00. The van der Waals surface area contributed by atoms with Gasteiger partial charge in [0.2, 0.25) is 5.91 Å². The van der Waals surface area contributed by atoms with Crippen molar-refractivity contribution < 1.29 is 4.79 Å². The van der Waals surface area contributed by atoms with Crippen LogP contribution in [0.25, 0.3) is 0 Å². The van der Waals surface area contributed by atoms with Crippen LogP contribution >= 0.6 is 24.0 Å². The number of fused-ring (bicyclic) bond motifs is 1. The normalized spacial score (nSPS) is 16.5. The molecule has 1 aliphatic rings. The summed E-state index contributed by atoms with van der Waals surface area (Å²) in [5.74, 6) is 0.896. The van der Waals surface area contributed by atoms with Crippen LogP contribution in [0.2, 0.25) is 0 Å². The predicted octanol–water partition coefficient (Wildman–Crippen LogP) is 1.83. The van der Waals surface area contributed by atoms with E-state index in [1.165, 1.54) is 0 Å². The first-order chi connectivity index (χ1) is 11.7. The summed E-state index contributed by atoms with van der Waals surface area (Å²) < 4.78 is 1.77. The fraction of sp³-hybridized carbons (Fsp3) is 0.353. The number of carbonyl (C=O) groups excluding carboxylic acids is 1. The predicted molar refractivity (Wildman–Crippen MR) is 109 cm³/mol. The van der Waals surface area contributed by atoms with E-state index in [0.29, 0.717) is 25.5 Å². The lowest BCUT2D eigenvalue weighted by atomic mass is 9.90. The molecule has 1 amide bonds. The van der Waals surface area contributed by atoms with Gasteiger partial charge in [-0.25, -0.2) is 0 Å². The highest BCUT2D eigenvalue weighted by Gasteiger charge is 2.24. The molecule has 8 heteroatoms. The number of para-hydroxylation sites is 1. The van der Waals surface area contributed by atoms with Gasteiger partial charge in [-0.3, -0.25) is 14.5 Å². The molecule has 0 aliphatic carbocycles. The summed E-state index contributed by atoms with van der Waals surface area (Å²) in [5, 5.41) is 13.6. The van der Waals surface area contributed by atoms with Crippen LogP contribution < -0.4 is 16.0 Å². The second-order valence-corrected chi connectivity index (χ2v) is 5.87. The zero-order chi connectivity index (χ0) is 16.9. The van der Waals surface area contributed by atoms with Gasteiger partial charge in [0.25, 0.3) is 0 Å². The third-order valence-electron chi connectivity index (χ3n) is 4.06. The molecule has 7 nitrogen and oxygen atoms in total. The van der Waals surface area contributed by atoms with Gasteiger partial charge in [0.1, 0.15) is 0 Å². The number of benzene rings is 1. The zero-order valence-corrected chi connectivity index (χ0v) is 16.7. The highest BCUT2D eigenvalue weighted by molar-refractivity contribution is 14.0. The Morgan fingerprint density at radius 1 is 1.40 bits per heavy atom. The number of halogens is 1. The lowest BCUT2D eigenvalue weighted by Crippen LogP contribution is -2.40. The van der Waals surface area contributed by atoms with Crippen molar-refractivity contribution in [3.63, 3.8) is 0 Å². The van der Waals surface area contributed by atoms with E-state index >= 15 is 0 Å². The number of aliphatic imine (C=N–C) groups is 1. The Kier molecular flexibility index (Phi) is 6.80. The molecule has 25 heavy (non-hydrogen) atoms. The average molecular weight is 454 g/mol. The Balaban J connectivity index is 0.00000225. The van der Waals surface area contributed by atoms with E-state index in [1.54, 1.807) is 11.7 Å². The van der Waals surface area contributed by atoms with E-state index in [4.69, 9.17) is 0 Å². The van der Waals surface area contributed by atoms with Crippen LogP contribution in [0.1, 0.15) is 23.5 Å². The van der Waals surface area contributed by atoms with Crippen molar-refractivity contribution in [3.05, 3.63) is 47.8 Å². The third-order valence-corrected chi connectivity index (χ3v) is 4.06. The van der Waals surface area contributed by atoms with Crippen LogP contribution in [0.3, 0.4) is 0 Å². The van der Waals surface area contributed by atoms with Crippen molar-refractivity contribution in [2.75, 3.05) is 18.9 Å². The number of amides is 1. The molecule has 0 spiro atoms. The molecule has 0 radical (unpaired) electrons.